The van der Waals surface area contributed by atoms with E-state index in [1.165, 1.54) is 13.2 Å². The lowest BCUT2D eigenvalue weighted by Gasteiger charge is -2.14. The van der Waals surface area contributed by atoms with Gasteiger partial charge in [0.1, 0.15) is 6.61 Å². The Morgan fingerprint density at radius 1 is 1.26 bits per heavy atom. The Balaban J connectivity index is 1.72. The first-order valence-electron chi connectivity index (χ1n) is 9.01. The standard InChI is InChI=1S/C20H24N2O5/c1-25-19-10-16(12-21-13-17-8-5-9-26-17)18(22(23)24)11-20(19)27-14-15-6-3-2-4-7-15/h2-4,6-7,10-11,17,21H,5,8-9,12-14H2,1H3. The SMILES string of the molecule is COc1cc(CNCC2CCCO2)c([N+](=O)[O-])cc1OCc1ccccc1. The lowest BCUT2D eigenvalue weighted by Crippen LogP contribution is -2.26. The summed E-state index contributed by atoms with van der Waals surface area (Å²) in [5.41, 5.74) is 1.55. The fourth-order valence-corrected chi connectivity index (χ4v) is 3.08. The van der Waals surface area contributed by atoms with E-state index in [0.29, 0.717) is 36.8 Å². The third-order valence-corrected chi connectivity index (χ3v) is 4.51. The van der Waals surface area contributed by atoms with Gasteiger partial charge in [-0.05, 0) is 24.5 Å². The summed E-state index contributed by atoms with van der Waals surface area (Å²) >= 11 is 0. The molecule has 7 heteroatoms. The van der Waals surface area contributed by atoms with Gasteiger partial charge in [0.2, 0.25) is 0 Å². The molecule has 0 aromatic heterocycles. The van der Waals surface area contributed by atoms with Crippen molar-refractivity contribution < 1.29 is 19.1 Å². The van der Waals surface area contributed by atoms with Crippen LogP contribution in [0.2, 0.25) is 0 Å². The predicted octanol–water partition coefficient (Wildman–Crippen LogP) is 3.45. The van der Waals surface area contributed by atoms with E-state index in [9.17, 15) is 10.1 Å². The van der Waals surface area contributed by atoms with Crippen LogP contribution in [0, 0.1) is 10.1 Å². The van der Waals surface area contributed by atoms with Crippen molar-refractivity contribution in [2.45, 2.75) is 32.1 Å². The molecule has 0 bridgehead atoms. The number of benzene rings is 2. The molecule has 3 rings (SSSR count). The summed E-state index contributed by atoms with van der Waals surface area (Å²) in [6.07, 6.45) is 2.26. The minimum atomic E-state index is -0.391. The van der Waals surface area contributed by atoms with Gasteiger partial charge in [0, 0.05) is 25.3 Å². The third-order valence-electron chi connectivity index (χ3n) is 4.51. The maximum absolute atomic E-state index is 11.5. The van der Waals surface area contributed by atoms with E-state index in [-0.39, 0.29) is 11.8 Å². The summed E-state index contributed by atoms with van der Waals surface area (Å²) in [7, 11) is 1.53. The van der Waals surface area contributed by atoms with Crippen molar-refractivity contribution in [1.29, 1.82) is 0 Å². The van der Waals surface area contributed by atoms with Crippen molar-refractivity contribution in [2.24, 2.45) is 0 Å². The van der Waals surface area contributed by atoms with Gasteiger partial charge in [-0.25, -0.2) is 0 Å². The molecule has 7 nitrogen and oxygen atoms in total. The highest BCUT2D eigenvalue weighted by molar-refractivity contribution is 5.54. The van der Waals surface area contributed by atoms with E-state index in [0.717, 1.165) is 25.0 Å². The number of hydrogen-bond acceptors (Lipinski definition) is 6. The molecule has 1 unspecified atom stereocenters. The smallest absolute Gasteiger partial charge is 0.277 e. The number of methoxy groups -OCH3 is 1. The molecule has 1 aliphatic rings. The predicted molar refractivity (Wildman–Crippen MR) is 101 cm³/mol. The average Bonchev–Trinajstić information content (AvgIpc) is 3.20. The van der Waals surface area contributed by atoms with Crippen molar-refractivity contribution in [3.8, 4) is 11.5 Å². The summed E-state index contributed by atoms with van der Waals surface area (Å²) in [5.74, 6) is 0.835. The fourth-order valence-electron chi connectivity index (χ4n) is 3.08. The molecule has 1 heterocycles. The molecule has 0 radical (unpaired) electrons. The minimum absolute atomic E-state index is 0.0127. The topological polar surface area (TPSA) is 82.9 Å². The molecule has 1 aliphatic heterocycles. The molecule has 2 aromatic rings. The van der Waals surface area contributed by atoms with E-state index >= 15 is 0 Å². The quantitative estimate of drug-likeness (QED) is 0.536. The van der Waals surface area contributed by atoms with E-state index in [1.807, 2.05) is 30.3 Å². The molecule has 144 valence electrons. The molecule has 1 saturated heterocycles. The summed E-state index contributed by atoms with van der Waals surface area (Å²) in [5, 5.41) is 14.8. The van der Waals surface area contributed by atoms with Crippen LogP contribution in [0.15, 0.2) is 42.5 Å². The van der Waals surface area contributed by atoms with Crippen molar-refractivity contribution in [3.63, 3.8) is 0 Å². The number of ether oxygens (including phenoxy) is 3. The van der Waals surface area contributed by atoms with Crippen molar-refractivity contribution in [2.75, 3.05) is 20.3 Å². The van der Waals surface area contributed by atoms with Crippen LogP contribution in [0.5, 0.6) is 11.5 Å². The first-order chi connectivity index (χ1) is 13.2. The zero-order chi connectivity index (χ0) is 19.1. The molecule has 2 aromatic carbocycles. The summed E-state index contributed by atoms with van der Waals surface area (Å²) in [6.45, 7) is 2.13. The van der Waals surface area contributed by atoms with Crippen molar-refractivity contribution in [3.05, 3.63) is 63.7 Å². The molecule has 1 fully saturated rings. The number of nitro groups is 1. The van der Waals surface area contributed by atoms with Crippen LogP contribution in [0.25, 0.3) is 0 Å². The van der Waals surface area contributed by atoms with Gasteiger partial charge in [-0.1, -0.05) is 30.3 Å². The number of hydrogen-bond donors (Lipinski definition) is 1. The normalized spacial score (nSPS) is 16.3. The monoisotopic (exact) mass is 372 g/mol. The highest BCUT2D eigenvalue weighted by atomic mass is 16.6. The fraction of sp³-hybridized carbons (Fsp3) is 0.400. The van der Waals surface area contributed by atoms with Gasteiger partial charge in [-0.2, -0.15) is 0 Å². The zero-order valence-electron chi connectivity index (χ0n) is 15.3. The number of nitrogens with one attached hydrogen (secondary N) is 1. The first kappa shape index (κ1) is 19.1. The highest BCUT2D eigenvalue weighted by Crippen LogP contribution is 2.35. The molecular formula is C20H24N2O5. The molecule has 1 N–H and O–H groups in total. The van der Waals surface area contributed by atoms with E-state index in [4.69, 9.17) is 14.2 Å². The Labute approximate surface area is 158 Å². The molecule has 1 atom stereocenters. The Hall–Kier alpha value is -2.64. The largest absolute Gasteiger partial charge is 0.493 e. The number of rotatable bonds is 9. The number of nitrogens with zero attached hydrogens (tertiary/aromatic N) is 1. The van der Waals surface area contributed by atoms with Gasteiger partial charge in [-0.3, -0.25) is 10.1 Å². The van der Waals surface area contributed by atoms with Crippen LogP contribution in [0.4, 0.5) is 5.69 Å². The van der Waals surface area contributed by atoms with Crippen molar-refractivity contribution in [1.82, 2.24) is 5.32 Å². The van der Waals surface area contributed by atoms with Gasteiger partial charge < -0.3 is 19.5 Å². The van der Waals surface area contributed by atoms with Crippen LogP contribution in [-0.2, 0) is 17.9 Å². The van der Waals surface area contributed by atoms with Gasteiger partial charge in [0.25, 0.3) is 5.69 Å². The molecule has 0 spiro atoms. The average molecular weight is 372 g/mol. The van der Waals surface area contributed by atoms with Gasteiger partial charge >= 0.3 is 0 Å². The summed E-state index contributed by atoms with van der Waals surface area (Å²) < 4.78 is 16.7. The first-order valence-corrected chi connectivity index (χ1v) is 9.01. The second kappa shape index (κ2) is 9.34. The molecule has 27 heavy (non-hydrogen) atoms. The molecular weight excluding hydrogens is 348 g/mol. The van der Waals surface area contributed by atoms with Gasteiger partial charge in [0.05, 0.1) is 24.2 Å². The molecule has 0 amide bonds. The second-order valence-electron chi connectivity index (χ2n) is 6.43. The van der Waals surface area contributed by atoms with E-state index in [2.05, 4.69) is 5.32 Å². The van der Waals surface area contributed by atoms with E-state index in [1.54, 1.807) is 6.07 Å². The summed E-state index contributed by atoms with van der Waals surface area (Å²) in [4.78, 5) is 11.1. The van der Waals surface area contributed by atoms with Crippen LogP contribution in [0.1, 0.15) is 24.0 Å². The Morgan fingerprint density at radius 3 is 2.74 bits per heavy atom. The van der Waals surface area contributed by atoms with Crippen LogP contribution >= 0.6 is 0 Å². The van der Waals surface area contributed by atoms with Crippen molar-refractivity contribution >= 4 is 5.69 Å². The zero-order valence-corrected chi connectivity index (χ0v) is 15.3. The third kappa shape index (κ3) is 5.18. The van der Waals surface area contributed by atoms with Crippen LogP contribution in [0.3, 0.4) is 0 Å². The van der Waals surface area contributed by atoms with Gasteiger partial charge in [-0.15, -0.1) is 0 Å². The lowest BCUT2D eigenvalue weighted by molar-refractivity contribution is -0.385. The second-order valence-corrected chi connectivity index (χ2v) is 6.43. The Bertz CT molecular complexity index is 760. The van der Waals surface area contributed by atoms with E-state index < -0.39 is 4.92 Å². The highest BCUT2D eigenvalue weighted by Gasteiger charge is 2.21. The number of nitro benzene ring substituents is 1. The maximum Gasteiger partial charge on any atom is 0.277 e. The maximum atomic E-state index is 11.5. The van der Waals surface area contributed by atoms with Crippen LogP contribution in [-0.4, -0.2) is 31.3 Å². The Kier molecular flexibility index (Phi) is 6.62. The molecule has 0 saturated carbocycles. The van der Waals surface area contributed by atoms with Crippen LogP contribution < -0.4 is 14.8 Å². The Morgan fingerprint density at radius 2 is 2.07 bits per heavy atom. The minimum Gasteiger partial charge on any atom is -0.493 e. The summed E-state index contributed by atoms with van der Waals surface area (Å²) in [6, 6.07) is 12.7. The lowest BCUT2D eigenvalue weighted by atomic mass is 10.1. The van der Waals surface area contributed by atoms with Gasteiger partial charge in [0.15, 0.2) is 11.5 Å². The molecule has 0 aliphatic carbocycles.